The minimum atomic E-state index is -4.57. The lowest BCUT2D eigenvalue weighted by molar-refractivity contribution is -0.385. The number of hydrogen-bond acceptors (Lipinski definition) is 5. The zero-order valence-corrected chi connectivity index (χ0v) is 15.5. The van der Waals surface area contributed by atoms with E-state index in [0.29, 0.717) is 5.69 Å². The molecule has 0 aliphatic carbocycles. The Morgan fingerprint density at radius 3 is 2.69 bits per heavy atom. The number of amides is 1. The summed E-state index contributed by atoms with van der Waals surface area (Å²) in [5, 5.41) is 13.8. The van der Waals surface area contributed by atoms with E-state index >= 15 is 0 Å². The first kappa shape index (κ1) is 20.4. The van der Waals surface area contributed by atoms with Crippen LogP contribution in [0, 0.1) is 10.1 Å². The predicted molar refractivity (Wildman–Crippen MR) is 101 cm³/mol. The van der Waals surface area contributed by atoms with Crippen LogP contribution in [-0.4, -0.2) is 36.7 Å². The van der Waals surface area contributed by atoms with Gasteiger partial charge in [0.05, 0.1) is 4.92 Å². The van der Waals surface area contributed by atoms with Crippen LogP contribution in [0.25, 0.3) is 0 Å². The summed E-state index contributed by atoms with van der Waals surface area (Å²) in [6.45, 7) is 2.11. The lowest BCUT2D eigenvalue weighted by Crippen LogP contribution is -2.20. The van der Waals surface area contributed by atoms with Crippen molar-refractivity contribution in [3.05, 3.63) is 57.6 Å². The van der Waals surface area contributed by atoms with Crippen molar-refractivity contribution >= 4 is 23.0 Å². The molecule has 0 atom stereocenters. The SMILES string of the molecule is CCN1CCc2ccc(NC(=O)c3cc(OCC(F)(F)F)ccc3[N+](=O)[O-])cc21. The van der Waals surface area contributed by atoms with Gasteiger partial charge in [0, 0.05) is 30.5 Å². The molecule has 0 saturated carbocycles. The molecule has 0 fully saturated rings. The molecule has 7 nitrogen and oxygen atoms in total. The number of rotatable bonds is 6. The van der Waals surface area contributed by atoms with E-state index in [4.69, 9.17) is 0 Å². The minimum absolute atomic E-state index is 0.288. The number of nitrogens with zero attached hydrogens (tertiary/aromatic N) is 2. The highest BCUT2D eigenvalue weighted by atomic mass is 19.4. The number of halogens is 3. The second kappa shape index (κ2) is 7.98. The Kier molecular flexibility index (Phi) is 5.62. The van der Waals surface area contributed by atoms with E-state index < -0.39 is 29.3 Å². The van der Waals surface area contributed by atoms with Crippen molar-refractivity contribution in [2.45, 2.75) is 19.5 Å². The summed E-state index contributed by atoms with van der Waals surface area (Å²) in [5.74, 6) is -1.10. The van der Waals surface area contributed by atoms with Crippen LogP contribution in [0.1, 0.15) is 22.8 Å². The smallest absolute Gasteiger partial charge is 0.422 e. The topological polar surface area (TPSA) is 84.7 Å². The standard InChI is InChI=1S/C19H18F3N3O4/c1-2-24-8-7-12-3-4-13(9-17(12)24)23-18(26)15-10-14(29-11-19(20,21)22)5-6-16(15)25(27)28/h3-6,9-10H,2,7-8,11H2,1H3,(H,23,26). The van der Waals surface area contributed by atoms with Gasteiger partial charge in [-0.3, -0.25) is 14.9 Å². The van der Waals surface area contributed by atoms with Crippen molar-refractivity contribution in [3.63, 3.8) is 0 Å². The Bertz CT molecular complexity index is 947. The van der Waals surface area contributed by atoms with E-state index in [2.05, 4.69) is 15.0 Å². The Labute approximate surface area is 164 Å². The Balaban J connectivity index is 1.85. The molecule has 1 aliphatic heterocycles. The summed E-state index contributed by atoms with van der Waals surface area (Å²) in [4.78, 5) is 25.2. The summed E-state index contributed by atoms with van der Waals surface area (Å²) in [5.41, 5.74) is 1.63. The van der Waals surface area contributed by atoms with Crippen molar-refractivity contribution in [1.82, 2.24) is 0 Å². The molecule has 1 heterocycles. The number of benzene rings is 2. The molecule has 1 amide bonds. The van der Waals surface area contributed by atoms with Crippen LogP contribution in [0.15, 0.2) is 36.4 Å². The molecule has 2 aromatic carbocycles. The van der Waals surface area contributed by atoms with Crippen molar-refractivity contribution in [2.24, 2.45) is 0 Å². The minimum Gasteiger partial charge on any atom is -0.484 e. The molecule has 0 saturated heterocycles. The molecule has 0 radical (unpaired) electrons. The van der Waals surface area contributed by atoms with Gasteiger partial charge in [-0.25, -0.2) is 0 Å². The predicted octanol–water partition coefficient (Wildman–Crippen LogP) is 4.17. The van der Waals surface area contributed by atoms with Crippen LogP contribution in [0.4, 0.5) is 30.2 Å². The zero-order chi connectivity index (χ0) is 21.2. The molecule has 2 aromatic rings. The number of hydrogen-bond donors (Lipinski definition) is 1. The number of alkyl halides is 3. The van der Waals surface area contributed by atoms with E-state index in [1.165, 1.54) is 0 Å². The molecule has 1 N–H and O–H groups in total. The monoisotopic (exact) mass is 409 g/mol. The molecule has 10 heteroatoms. The van der Waals surface area contributed by atoms with Crippen LogP contribution >= 0.6 is 0 Å². The van der Waals surface area contributed by atoms with Crippen LogP contribution in [0.2, 0.25) is 0 Å². The lowest BCUT2D eigenvalue weighted by Gasteiger charge is -2.17. The maximum Gasteiger partial charge on any atom is 0.422 e. The maximum atomic E-state index is 12.6. The molecular weight excluding hydrogens is 391 g/mol. The summed E-state index contributed by atoms with van der Waals surface area (Å²) in [6.07, 6.45) is -3.68. The van der Waals surface area contributed by atoms with Gasteiger partial charge in [0.15, 0.2) is 6.61 Å². The quantitative estimate of drug-likeness (QED) is 0.572. The molecule has 1 aliphatic rings. The summed E-state index contributed by atoms with van der Waals surface area (Å²) < 4.78 is 41.6. The number of carbonyl (C=O) groups is 1. The Morgan fingerprint density at radius 2 is 2.03 bits per heavy atom. The van der Waals surface area contributed by atoms with Gasteiger partial charge < -0.3 is 15.0 Å². The number of nitro groups is 1. The third kappa shape index (κ3) is 4.76. The normalized spacial score (nSPS) is 13.2. The number of anilines is 2. The van der Waals surface area contributed by atoms with Gasteiger partial charge in [-0.1, -0.05) is 6.07 Å². The third-order valence-electron chi connectivity index (χ3n) is 4.53. The van der Waals surface area contributed by atoms with Crippen molar-refractivity contribution in [3.8, 4) is 5.75 Å². The first-order chi connectivity index (χ1) is 13.7. The van der Waals surface area contributed by atoms with Gasteiger partial charge in [-0.15, -0.1) is 0 Å². The third-order valence-corrected chi connectivity index (χ3v) is 4.53. The zero-order valence-electron chi connectivity index (χ0n) is 15.5. The van der Waals surface area contributed by atoms with Crippen molar-refractivity contribution < 1.29 is 27.6 Å². The van der Waals surface area contributed by atoms with Gasteiger partial charge >= 0.3 is 6.18 Å². The Morgan fingerprint density at radius 1 is 1.28 bits per heavy atom. The molecule has 0 bridgehead atoms. The fraction of sp³-hybridized carbons (Fsp3) is 0.316. The lowest BCUT2D eigenvalue weighted by atomic mass is 10.1. The van der Waals surface area contributed by atoms with E-state index in [-0.39, 0.29) is 11.3 Å². The van der Waals surface area contributed by atoms with Crippen LogP contribution in [0.3, 0.4) is 0 Å². The number of nitrogens with one attached hydrogen (secondary N) is 1. The number of likely N-dealkylation sites (N-methyl/N-ethyl adjacent to an activating group) is 1. The van der Waals surface area contributed by atoms with E-state index in [1.54, 1.807) is 12.1 Å². The maximum absolute atomic E-state index is 12.6. The highest BCUT2D eigenvalue weighted by Crippen LogP contribution is 2.31. The van der Waals surface area contributed by atoms with Crippen LogP contribution in [-0.2, 0) is 6.42 Å². The average molecular weight is 409 g/mol. The number of ether oxygens (including phenoxy) is 1. The first-order valence-electron chi connectivity index (χ1n) is 8.85. The van der Waals surface area contributed by atoms with Gasteiger partial charge in [0.25, 0.3) is 11.6 Å². The number of fused-ring (bicyclic) bond motifs is 1. The van der Waals surface area contributed by atoms with E-state index in [0.717, 1.165) is 49.0 Å². The fourth-order valence-corrected chi connectivity index (χ4v) is 3.16. The highest BCUT2D eigenvalue weighted by Gasteiger charge is 2.29. The molecule has 0 spiro atoms. The fourth-order valence-electron chi connectivity index (χ4n) is 3.16. The second-order valence-corrected chi connectivity index (χ2v) is 6.47. The van der Waals surface area contributed by atoms with Crippen molar-refractivity contribution in [2.75, 3.05) is 29.9 Å². The van der Waals surface area contributed by atoms with Crippen LogP contribution in [0.5, 0.6) is 5.75 Å². The Hall–Kier alpha value is -3.30. The average Bonchev–Trinajstić information content (AvgIpc) is 3.07. The molecular formula is C19H18F3N3O4. The molecule has 0 aromatic heterocycles. The van der Waals surface area contributed by atoms with E-state index in [9.17, 15) is 28.1 Å². The van der Waals surface area contributed by atoms with Crippen molar-refractivity contribution in [1.29, 1.82) is 0 Å². The van der Waals surface area contributed by atoms with Gasteiger partial charge in [0.2, 0.25) is 0 Å². The summed E-state index contributed by atoms with van der Waals surface area (Å²) in [6, 6.07) is 8.24. The van der Waals surface area contributed by atoms with Gasteiger partial charge in [-0.2, -0.15) is 13.2 Å². The molecule has 29 heavy (non-hydrogen) atoms. The largest absolute Gasteiger partial charge is 0.484 e. The molecule has 154 valence electrons. The van der Waals surface area contributed by atoms with Gasteiger partial charge in [-0.05, 0) is 43.2 Å². The number of carbonyl (C=O) groups excluding carboxylic acids is 1. The summed E-state index contributed by atoms with van der Waals surface area (Å²) >= 11 is 0. The van der Waals surface area contributed by atoms with Gasteiger partial charge in [0.1, 0.15) is 11.3 Å². The highest BCUT2D eigenvalue weighted by molar-refractivity contribution is 6.07. The van der Waals surface area contributed by atoms with E-state index in [1.807, 2.05) is 13.0 Å². The molecule has 0 unspecified atom stereocenters. The second-order valence-electron chi connectivity index (χ2n) is 6.47. The summed E-state index contributed by atoms with van der Waals surface area (Å²) in [7, 11) is 0. The molecule has 3 rings (SSSR count). The first-order valence-corrected chi connectivity index (χ1v) is 8.85. The van der Waals surface area contributed by atoms with Crippen LogP contribution < -0.4 is 15.0 Å². The number of nitro benzene ring substituents is 1.